The summed E-state index contributed by atoms with van der Waals surface area (Å²) in [5.74, 6) is -3.88. The molecule has 2 aromatic rings. The van der Waals surface area contributed by atoms with E-state index in [-0.39, 0.29) is 17.0 Å². The lowest BCUT2D eigenvalue weighted by Gasteiger charge is -2.30. The first-order chi connectivity index (χ1) is 15.8. The summed E-state index contributed by atoms with van der Waals surface area (Å²) in [6.07, 6.45) is 3.16. The Labute approximate surface area is 190 Å². The predicted octanol–water partition coefficient (Wildman–Crippen LogP) is 2.20. The Bertz CT molecular complexity index is 1120. The van der Waals surface area contributed by atoms with E-state index in [0.717, 1.165) is 24.8 Å². The molecule has 2 unspecified atom stereocenters. The number of primary amides is 1. The fraction of sp³-hybridized carbons (Fsp3) is 0.348. The van der Waals surface area contributed by atoms with Crippen molar-refractivity contribution in [2.24, 2.45) is 17.6 Å². The smallest absolute Gasteiger partial charge is 0.266 e. The van der Waals surface area contributed by atoms with Crippen molar-refractivity contribution < 1.29 is 18.8 Å². The van der Waals surface area contributed by atoms with Gasteiger partial charge < -0.3 is 21.8 Å². The molecule has 33 heavy (non-hydrogen) atoms. The minimum absolute atomic E-state index is 0.0736. The Morgan fingerprint density at radius 1 is 1.21 bits per heavy atom. The van der Waals surface area contributed by atoms with Gasteiger partial charge in [0.05, 0.1) is 22.6 Å². The van der Waals surface area contributed by atoms with Crippen LogP contribution in [0.3, 0.4) is 0 Å². The zero-order valence-corrected chi connectivity index (χ0v) is 18.5. The molecule has 1 aliphatic rings. The van der Waals surface area contributed by atoms with E-state index in [1.54, 1.807) is 12.1 Å². The number of rotatable bonds is 8. The number of hydrogen-bond donors (Lipinski definition) is 5. The monoisotopic (exact) mass is 454 g/mol. The third-order valence-corrected chi connectivity index (χ3v) is 5.86. The number of ketones is 1. The van der Waals surface area contributed by atoms with Crippen LogP contribution in [-0.4, -0.2) is 41.1 Å². The van der Waals surface area contributed by atoms with E-state index < -0.39 is 35.3 Å². The van der Waals surface area contributed by atoms with Crippen molar-refractivity contribution in [2.45, 2.75) is 32.6 Å². The largest absolute Gasteiger partial charge is 0.382 e. The number of aromatic amines is 1. The third kappa shape index (κ3) is 5.16. The van der Waals surface area contributed by atoms with Gasteiger partial charge in [-0.2, -0.15) is 5.10 Å². The minimum Gasteiger partial charge on any atom is -0.382 e. The van der Waals surface area contributed by atoms with Crippen molar-refractivity contribution in [3.63, 3.8) is 0 Å². The van der Waals surface area contributed by atoms with Crippen LogP contribution in [-0.2, 0) is 9.59 Å². The second kappa shape index (κ2) is 10.2. The van der Waals surface area contributed by atoms with Gasteiger partial charge in [0.2, 0.25) is 5.91 Å². The minimum atomic E-state index is -0.831. The van der Waals surface area contributed by atoms with Crippen LogP contribution in [0.15, 0.2) is 35.7 Å². The van der Waals surface area contributed by atoms with Crippen molar-refractivity contribution in [2.75, 3.05) is 7.05 Å². The third-order valence-electron chi connectivity index (χ3n) is 5.86. The lowest BCUT2D eigenvalue weighted by atomic mass is 9.74. The number of carbonyl (C=O) groups excluding carboxylic acids is 3. The number of nitrogens with one attached hydrogen (secondary N) is 4. The van der Waals surface area contributed by atoms with Crippen LogP contribution in [0.25, 0.3) is 11.3 Å². The maximum atomic E-state index is 14.9. The molecule has 0 aliphatic heterocycles. The van der Waals surface area contributed by atoms with Crippen molar-refractivity contribution in [3.05, 3.63) is 52.7 Å². The molecule has 174 valence electrons. The van der Waals surface area contributed by atoms with Gasteiger partial charge in [0.25, 0.3) is 5.91 Å². The van der Waals surface area contributed by atoms with Crippen LogP contribution < -0.4 is 16.4 Å². The molecule has 2 amide bonds. The Balaban J connectivity index is 1.85. The molecule has 3 rings (SSSR count). The van der Waals surface area contributed by atoms with Crippen molar-refractivity contribution in [1.29, 1.82) is 5.41 Å². The highest BCUT2D eigenvalue weighted by Gasteiger charge is 2.37. The number of Topliss-reactive ketones (excluding diaryl/α,β-unsaturated/α-hetero) is 1. The first kappa shape index (κ1) is 23.8. The number of aromatic nitrogens is 2. The van der Waals surface area contributed by atoms with Crippen LogP contribution in [0.4, 0.5) is 4.39 Å². The van der Waals surface area contributed by atoms with Crippen molar-refractivity contribution in [1.82, 2.24) is 20.8 Å². The van der Waals surface area contributed by atoms with Crippen LogP contribution >= 0.6 is 0 Å². The lowest BCUT2D eigenvalue weighted by Crippen LogP contribution is -2.41. The van der Waals surface area contributed by atoms with Crippen molar-refractivity contribution in [3.8, 4) is 11.3 Å². The number of amides is 2. The highest BCUT2D eigenvalue weighted by Crippen LogP contribution is 2.34. The van der Waals surface area contributed by atoms with E-state index >= 15 is 0 Å². The van der Waals surface area contributed by atoms with Crippen LogP contribution in [0.5, 0.6) is 0 Å². The number of halogens is 1. The lowest BCUT2D eigenvalue weighted by molar-refractivity contribution is -0.126. The van der Waals surface area contributed by atoms with Crippen LogP contribution in [0.1, 0.15) is 41.7 Å². The molecule has 1 aliphatic carbocycles. The normalized spacial score (nSPS) is 18.8. The highest BCUT2D eigenvalue weighted by molar-refractivity contribution is 6.03. The van der Waals surface area contributed by atoms with Gasteiger partial charge in [-0.05, 0) is 38.0 Å². The summed E-state index contributed by atoms with van der Waals surface area (Å²) in [7, 11) is 1.44. The molecule has 0 saturated heterocycles. The van der Waals surface area contributed by atoms with E-state index in [0.29, 0.717) is 24.1 Å². The summed E-state index contributed by atoms with van der Waals surface area (Å²) in [6, 6.07) is 6.13. The average molecular weight is 455 g/mol. The van der Waals surface area contributed by atoms with Gasteiger partial charge in [-0.15, -0.1) is 0 Å². The van der Waals surface area contributed by atoms with Crippen molar-refractivity contribution >= 4 is 23.8 Å². The molecule has 2 atom stereocenters. The number of nitrogens with zero attached hydrogens (tertiary/aromatic N) is 1. The van der Waals surface area contributed by atoms with Gasteiger partial charge in [0.1, 0.15) is 11.5 Å². The maximum Gasteiger partial charge on any atom is 0.266 e. The molecule has 1 saturated carbocycles. The summed E-state index contributed by atoms with van der Waals surface area (Å²) in [5, 5.41) is 19.5. The fourth-order valence-electron chi connectivity index (χ4n) is 4.20. The quantitative estimate of drug-likeness (QED) is 0.235. The number of H-pyrrole nitrogens is 1. The van der Waals surface area contributed by atoms with Gasteiger partial charge in [-0.1, -0.05) is 18.9 Å². The van der Waals surface area contributed by atoms with Crippen LogP contribution in [0, 0.1) is 30.0 Å². The zero-order valence-electron chi connectivity index (χ0n) is 18.5. The fourth-order valence-corrected chi connectivity index (χ4v) is 4.20. The first-order valence-electron chi connectivity index (χ1n) is 10.7. The zero-order chi connectivity index (χ0) is 24.1. The van der Waals surface area contributed by atoms with Gasteiger partial charge in [-0.25, -0.2) is 4.39 Å². The Morgan fingerprint density at radius 2 is 1.91 bits per heavy atom. The number of hydrogen-bond acceptors (Lipinski definition) is 6. The number of allylic oxidation sites excluding steroid dienone is 1. The summed E-state index contributed by atoms with van der Waals surface area (Å²) in [5.41, 5.74) is 6.97. The van der Waals surface area contributed by atoms with E-state index in [1.807, 2.05) is 6.92 Å². The van der Waals surface area contributed by atoms with Gasteiger partial charge in [0.15, 0.2) is 5.78 Å². The second-order valence-corrected chi connectivity index (χ2v) is 8.02. The topological polar surface area (TPSA) is 154 Å². The summed E-state index contributed by atoms with van der Waals surface area (Å²) >= 11 is 0. The van der Waals surface area contributed by atoms with Gasteiger partial charge in [-0.3, -0.25) is 19.5 Å². The number of aryl methyl sites for hydroxylation is 1. The number of nitrogens with two attached hydrogens (primary N) is 1. The number of likely N-dealkylation sites (N-methyl/N-ethyl adjacent to an activating group) is 1. The molecular weight excluding hydrogens is 427 g/mol. The number of benzene rings is 1. The molecule has 6 N–H and O–H groups in total. The SMILES string of the molecule is CN/C(C(N)=O)=C(\C=N)NC(=O)C1CCCCC1C(=O)c1ccc(-c2cc(C)n[nH]2)cc1F. The Hall–Kier alpha value is -3.82. The van der Waals surface area contributed by atoms with E-state index in [4.69, 9.17) is 11.1 Å². The summed E-state index contributed by atoms with van der Waals surface area (Å²) in [4.78, 5) is 37.8. The standard InChI is InChI=1S/C23H27FN6O3/c1-12-9-18(30-29-12)13-7-8-16(17(24)10-13)21(31)14-5-3-4-6-15(14)23(33)28-19(11-25)20(27-2)22(26)32/h7-11,14-15,25,27H,3-6H2,1-2H3,(H2,26,32)(H,28,33)(H,29,30)/b20-19+,25-11?. The molecule has 1 heterocycles. The molecule has 0 spiro atoms. The van der Waals surface area contributed by atoms with E-state index in [1.165, 1.54) is 19.2 Å². The Kier molecular flexibility index (Phi) is 7.37. The molecule has 0 radical (unpaired) electrons. The molecule has 1 aromatic heterocycles. The maximum absolute atomic E-state index is 14.9. The van der Waals surface area contributed by atoms with E-state index in [9.17, 15) is 18.8 Å². The molecule has 1 aromatic carbocycles. The Morgan fingerprint density at radius 3 is 2.45 bits per heavy atom. The highest BCUT2D eigenvalue weighted by atomic mass is 19.1. The first-order valence-corrected chi connectivity index (χ1v) is 10.7. The predicted molar refractivity (Wildman–Crippen MR) is 121 cm³/mol. The van der Waals surface area contributed by atoms with Crippen LogP contribution in [0.2, 0.25) is 0 Å². The van der Waals surface area contributed by atoms with Gasteiger partial charge >= 0.3 is 0 Å². The second-order valence-electron chi connectivity index (χ2n) is 8.02. The van der Waals surface area contributed by atoms with Gasteiger partial charge in [0, 0.05) is 30.7 Å². The number of carbonyl (C=O) groups is 3. The summed E-state index contributed by atoms with van der Waals surface area (Å²) < 4.78 is 14.9. The molecule has 1 fully saturated rings. The average Bonchev–Trinajstić information content (AvgIpc) is 3.24. The molecule has 9 nitrogen and oxygen atoms in total. The van der Waals surface area contributed by atoms with E-state index in [2.05, 4.69) is 20.8 Å². The molecule has 10 heteroatoms. The molecular formula is C23H27FN6O3. The molecule has 0 bridgehead atoms. The summed E-state index contributed by atoms with van der Waals surface area (Å²) in [6.45, 7) is 1.81.